The van der Waals surface area contributed by atoms with Crippen LogP contribution in [0.4, 0.5) is 0 Å². The smallest absolute Gasteiger partial charge is 0.213 e. The van der Waals surface area contributed by atoms with Gasteiger partial charge in [-0.25, -0.2) is 4.98 Å². The van der Waals surface area contributed by atoms with Gasteiger partial charge < -0.3 is 15.6 Å². The Hall–Kier alpha value is -1.13. The lowest BCUT2D eigenvalue weighted by molar-refractivity contribution is 0.162. The van der Waals surface area contributed by atoms with Crippen molar-refractivity contribution < 1.29 is 9.84 Å². The fourth-order valence-corrected chi connectivity index (χ4v) is 0.977. The fourth-order valence-electron chi connectivity index (χ4n) is 0.977. The van der Waals surface area contributed by atoms with E-state index in [2.05, 4.69) is 4.98 Å². The van der Waals surface area contributed by atoms with E-state index in [0.717, 1.165) is 0 Å². The number of methoxy groups -OCH3 is 1. The first-order chi connectivity index (χ1) is 6.15. The lowest BCUT2D eigenvalue weighted by atomic mass is 10.1. The Kier molecular flexibility index (Phi) is 3.22. The Morgan fingerprint density at radius 3 is 2.77 bits per heavy atom. The summed E-state index contributed by atoms with van der Waals surface area (Å²) >= 11 is 0. The molecule has 1 aromatic rings. The van der Waals surface area contributed by atoms with Gasteiger partial charge in [-0.05, 0) is 13.0 Å². The lowest BCUT2D eigenvalue weighted by Gasteiger charge is -2.14. The van der Waals surface area contributed by atoms with Crippen LogP contribution in [0, 0.1) is 0 Å². The summed E-state index contributed by atoms with van der Waals surface area (Å²) in [6.07, 6.45) is -0.611. The second-order valence-corrected chi connectivity index (χ2v) is 2.87. The largest absolute Gasteiger partial charge is 0.481 e. The van der Waals surface area contributed by atoms with Gasteiger partial charge in [-0.15, -0.1) is 0 Å². The molecule has 1 rings (SSSR count). The number of nitrogens with two attached hydrogens (primary N) is 1. The highest BCUT2D eigenvalue weighted by atomic mass is 16.5. The van der Waals surface area contributed by atoms with E-state index in [1.165, 1.54) is 0 Å². The normalized spacial score (nSPS) is 15.1. The van der Waals surface area contributed by atoms with Gasteiger partial charge in [0.15, 0.2) is 0 Å². The highest BCUT2D eigenvalue weighted by molar-refractivity contribution is 5.18. The molecule has 0 amide bonds. The van der Waals surface area contributed by atoms with Crippen LogP contribution in [0.25, 0.3) is 0 Å². The van der Waals surface area contributed by atoms with Crippen molar-refractivity contribution in [3.63, 3.8) is 0 Å². The molecule has 0 aliphatic carbocycles. The van der Waals surface area contributed by atoms with Gasteiger partial charge in [0.05, 0.1) is 24.9 Å². The predicted molar refractivity (Wildman–Crippen MR) is 49.4 cm³/mol. The van der Waals surface area contributed by atoms with Crippen molar-refractivity contribution in [2.75, 3.05) is 7.11 Å². The summed E-state index contributed by atoms with van der Waals surface area (Å²) in [5.74, 6) is 0.508. The van der Waals surface area contributed by atoms with Crippen molar-refractivity contribution in [3.05, 3.63) is 23.9 Å². The molecule has 0 aromatic carbocycles. The second kappa shape index (κ2) is 4.20. The van der Waals surface area contributed by atoms with Crippen molar-refractivity contribution in [2.24, 2.45) is 5.73 Å². The first kappa shape index (κ1) is 9.95. The maximum atomic E-state index is 9.23. The third-order valence-corrected chi connectivity index (χ3v) is 1.82. The van der Waals surface area contributed by atoms with Crippen LogP contribution >= 0.6 is 0 Å². The standard InChI is InChI=1S/C9H14N2O2/c1-6(12)9(10)7-4-3-5-8(11-7)13-2/h3-6,9,12H,10H2,1-2H3. The minimum Gasteiger partial charge on any atom is -0.481 e. The number of hydrogen-bond acceptors (Lipinski definition) is 4. The first-order valence-electron chi connectivity index (χ1n) is 4.09. The summed E-state index contributed by atoms with van der Waals surface area (Å²) < 4.78 is 4.94. The highest BCUT2D eigenvalue weighted by Crippen LogP contribution is 2.14. The summed E-state index contributed by atoms with van der Waals surface area (Å²) in [5, 5.41) is 9.23. The summed E-state index contributed by atoms with van der Waals surface area (Å²) in [4.78, 5) is 4.11. The van der Waals surface area contributed by atoms with Crippen molar-refractivity contribution in [1.29, 1.82) is 0 Å². The molecule has 72 valence electrons. The van der Waals surface area contributed by atoms with E-state index in [9.17, 15) is 5.11 Å². The van der Waals surface area contributed by atoms with Crippen molar-refractivity contribution in [2.45, 2.75) is 19.1 Å². The Bertz CT molecular complexity index is 276. The van der Waals surface area contributed by atoms with Crippen LogP contribution in [0.1, 0.15) is 18.7 Å². The Balaban J connectivity index is 2.88. The molecule has 0 aliphatic heterocycles. The third kappa shape index (κ3) is 2.40. The average Bonchev–Trinajstić information content (AvgIpc) is 2.16. The summed E-state index contributed by atoms with van der Waals surface area (Å²) in [6.45, 7) is 1.63. The first-order valence-corrected chi connectivity index (χ1v) is 4.09. The van der Waals surface area contributed by atoms with Crippen LogP contribution in [0.2, 0.25) is 0 Å². The zero-order valence-electron chi connectivity index (χ0n) is 7.77. The topological polar surface area (TPSA) is 68.4 Å². The van der Waals surface area contributed by atoms with E-state index in [1.807, 2.05) is 0 Å². The van der Waals surface area contributed by atoms with E-state index >= 15 is 0 Å². The van der Waals surface area contributed by atoms with Gasteiger partial charge in [-0.3, -0.25) is 0 Å². The van der Waals surface area contributed by atoms with Gasteiger partial charge in [0.2, 0.25) is 5.88 Å². The second-order valence-electron chi connectivity index (χ2n) is 2.87. The van der Waals surface area contributed by atoms with E-state index in [1.54, 1.807) is 32.2 Å². The molecule has 1 aromatic heterocycles. The van der Waals surface area contributed by atoms with Crippen LogP contribution in [-0.2, 0) is 0 Å². The maximum absolute atomic E-state index is 9.23. The number of hydrogen-bond donors (Lipinski definition) is 2. The molecule has 3 N–H and O–H groups in total. The van der Waals surface area contributed by atoms with Crippen LogP contribution < -0.4 is 10.5 Å². The molecule has 2 unspecified atom stereocenters. The molecule has 0 radical (unpaired) electrons. The summed E-state index contributed by atoms with van der Waals surface area (Å²) in [6, 6.07) is 4.83. The van der Waals surface area contributed by atoms with Gasteiger partial charge in [-0.1, -0.05) is 6.07 Å². The summed E-state index contributed by atoms with van der Waals surface area (Å²) in [7, 11) is 1.54. The van der Waals surface area contributed by atoms with Crippen molar-refractivity contribution in [1.82, 2.24) is 4.98 Å². The predicted octanol–water partition coefficient (Wildman–Crippen LogP) is 0.471. The Morgan fingerprint density at radius 1 is 1.54 bits per heavy atom. The van der Waals surface area contributed by atoms with E-state index in [-0.39, 0.29) is 0 Å². The molecule has 0 fully saturated rings. The summed E-state index contributed by atoms with van der Waals surface area (Å²) in [5.41, 5.74) is 6.33. The SMILES string of the molecule is COc1cccc(C(N)C(C)O)n1. The van der Waals surface area contributed by atoms with Gasteiger partial charge >= 0.3 is 0 Å². The van der Waals surface area contributed by atoms with E-state index in [4.69, 9.17) is 10.5 Å². The number of rotatable bonds is 3. The molecule has 0 saturated heterocycles. The number of aliphatic hydroxyl groups is 1. The number of nitrogens with zero attached hydrogens (tertiary/aromatic N) is 1. The molecule has 0 spiro atoms. The van der Waals surface area contributed by atoms with E-state index in [0.29, 0.717) is 11.6 Å². The molecule has 0 saturated carbocycles. The van der Waals surface area contributed by atoms with Crippen LogP contribution in [0.5, 0.6) is 5.88 Å². The molecular formula is C9H14N2O2. The molecule has 0 bridgehead atoms. The van der Waals surface area contributed by atoms with Gasteiger partial charge in [0, 0.05) is 6.07 Å². The number of aromatic nitrogens is 1. The van der Waals surface area contributed by atoms with Crippen LogP contribution in [0.3, 0.4) is 0 Å². The molecule has 4 nitrogen and oxygen atoms in total. The Morgan fingerprint density at radius 2 is 2.23 bits per heavy atom. The third-order valence-electron chi connectivity index (χ3n) is 1.82. The van der Waals surface area contributed by atoms with E-state index < -0.39 is 12.1 Å². The van der Waals surface area contributed by atoms with Gasteiger partial charge in [0.1, 0.15) is 0 Å². The van der Waals surface area contributed by atoms with Crippen molar-refractivity contribution in [3.8, 4) is 5.88 Å². The molecule has 4 heteroatoms. The molecule has 1 heterocycles. The lowest BCUT2D eigenvalue weighted by Crippen LogP contribution is -2.24. The van der Waals surface area contributed by atoms with Gasteiger partial charge in [0.25, 0.3) is 0 Å². The fraction of sp³-hybridized carbons (Fsp3) is 0.444. The highest BCUT2D eigenvalue weighted by Gasteiger charge is 2.13. The zero-order valence-corrected chi connectivity index (χ0v) is 7.77. The zero-order chi connectivity index (χ0) is 9.84. The minimum atomic E-state index is -0.611. The van der Waals surface area contributed by atoms with Crippen LogP contribution in [-0.4, -0.2) is 23.3 Å². The Labute approximate surface area is 77.4 Å². The molecule has 2 atom stereocenters. The number of ether oxygens (including phenoxy) is 1. The van der Waals surface area contributed by atoms with Crippen molar-refractivity contribution >= 4 is 0 Å². The molecule has 13 heavy (non-hydrogen) atoms. The van der Waals surface area contributed by atoms with Crippen LogP contribution in [0.15, 0.2) is 18.2 Å². The number of aliphatic hydroxyl groups excluding tert-OH is 1. The average molecular weight is 182 g/mol. The quantitative estimate of drug-likeness (QED) is 0.713. The minimum absolute atomic E-state index is 0.463. The molecule has 0 aliphatic rings. The maximum Gasteiger partial charge on any atom is 0.213 e. The monoisotopic (exact) mass is 182 g/mol. The number of pyridine rings is 1. The molecular weight excluding hydrogens is 168 g/mol. The van der Waals surface area contributed by atoms with Gasteiger partial charge in [-0.2, -0.15) is 0 Å².